The molecule has 0 saturated heterocycles. The summed E-state index contributed by atoms with van der Waals surface area (Å²) in [5, 5.41) is 4.23. The van der Waals surface area contributed by atoms with E-state index < -0.39 is 0 Å². The van der Waals surface area contributed by atoms with Gasteiger partial charge in [-0.3, -0.25) is 9.97 Å². The van der Waals surface area contributed by atoms with Crippen LogP contribution in [-0.4, -0.2) is 9.97 Å². The number of nitrogens with zero attached hydrogens (tertiary/aromatic N) is 3. The van der Waals surface area contributed by atoms with Crippen molar-refractivity contribution in [3.63, 3.8) is 0 Å². The van der Waals surface area contributed by atoms with E-state index in [1.165, 1.54) is 0 Å². The van der Waals surface area contributed by atoms with Gasteiger partial charge in [-0.2, -0.15) is 12.5 Å². The van der Waals surface area contributed by atoms with Crippen molar-refractivity contribution in [2.24, 2.45) is 0 Å². The van der Waals surface area contributed by atoms with Gasteiger partial charge >= 0.3 is 58.4 Å². The van der Waals surface area contributed by atoms with Crippen molar-refractivity contribution in [3.8, 4) is 0 Å². The van der Waals surface area contributed by atoms with Gasteiger partial charge in [0.2, 0.25) is 0 Å². The van der Waals surface area contributed by atoms with Gasteiger partial charge in [0.1, 0.15) is 0 Å². The second-order valence-electron chi connectivity index (χ2n) is 6.25. The molecule has 0 fully saturated rings. The summed E-state index contributed by atoms with van der Waals surface area (Å²) in [4.78, 5) is 8.57. The molecule has 0 bridgehead atoms. The predicted octanol–water partition coefficient (Wildman–Crippen LogP) is 12.6. The number of hydrogen-bond acceptors (Lipinski definition) is 2. The third kappa shape index (κ3) is 50.6. The third-order valence-electron chi connectivity index (χ3n) is 4.05. The van der Waals surface area contributed by atoms with Crippen LogP contribution in [0.4, 0.5) is 0 Å². The molecule has 0 saturated carbocycles. The van der Waals surface area contributed by atoms with E-state index in [1.54, 1.807) is 6.08 Å². The van der Waals surface area contributed by atoms with Crippen LogP contribution in [-0.2, 0) is 117 Å². The molecule has 2 aromatic rings. The number of hydrogen-bond donors (Lipinski definition) is 0. The van der Waals surface area contributed by atoms with Crippen molar-refractivity contribution in [1.29, 1.82) is 0 Å². The van der Waals surface area contributed by atoms with E-state index in [0.717, 1.165) is 66.3 Å². The standard InChI is InChI=1S/2C9H11N.C9H10N.3C2H6.CH4.6CH3.3Ru.Y.H/c3*1-3-8-6-5-7-9(4-2)10-8;3*1-2;;;;;;;;;;;;/h2*5-7H,1-4H2;3,5-7H,1-2,4H2;3*1-2H3;1H4;6*1H3;;;;;/q2*-2;-3;;;;;6*-1;;+4;+5;;. The Morgan fingerprint density at radius 3 is 1.11 bits per heavy atom. The van der Waals surface area contributed by atoms with Crippen LogP contribution in [0.15, 0.2) is 72.1 Å². The summed E-state index contributed by atoms with van der Waals surface area (Å²) in [6, 6.07) is 11.9. The maximum absolute atomic E-state index is 4.28. The second kappa shape index (κ2) is 72.0. The number of allylic oxidation sites excluding steroid dienone is 5. The molecule has 47 heavy (non-hydrogen) atoms. The van der Waals surface area contributed by atoms with Gasteiger partial charge in [0.25, 0.3) is 0 Å². The monoisotopic (exact) mass is 990 g/mol. The van der Waals surface area contributed by atoms with Crippen molar-refractivity contribution in [1.82, 2.24) is 9.97 Å². The van der Waals surface area contributed by atoms with Gasteiger partial charge in [0.05, 0.1) is 0 Å². The van der Waals surface area contributed by atoms with Crippen molar-refractivity contribution < 1.29 is 91.1 Å². The molecule has 2 aromatic heterocycles. The molecule has 1 aliphatic rings. The average molecular weight is 988 g/mol. The first-order chi connectivity index (χ1) is 17.6. The molecule has 0 aromatic carbocycles. The van der Waals surface area contributed by atoms with E-state index >= 15 is 0 Å². The summed E-state index contributed by atoms with van der Waals surface area (Å²) in [6.07, 6.45) is 11.3. The Labute approximate surface area is 364 Å². The maximum Gasteiger partial charge on any atom is 0 e. The van der Waals surface area contributed by atoms with E-state index in [1.807, 2.05) is 96.2 Å². The van der Waals surface area contributed by atoms with Gasteiger partial charge in [0, 0.05) is 55.5 Å². The Balaban J connectivity index is -0.0000000241. The molecule has 279 valence electrons. The minimum absolute atomic E-state index is 0. The van der Waals surface area contributed by atoms with E-state index in [9.17, 15) is 0 Å². The van der Waals surface area contributed by atoms with Gasteiger partial charge in [-0.25, -0.2) is 18.7 Å². The first-order valence-electron chi connectivity index (χ1n) is 13.0. The molecule has 0 aliphatic carbocycles. The largest absolute Gasteiger partial charge is 0 e. The molecule has 0 unspecified atom stereocenters. The van der Waals surface area contributed by atoms with Crippen LogP contribution in [0.2, 0.25) is 0 Å². The molecule has 3 heterocycles. The zero-order valence-electron chi connectivity index (χ0n) is 31.6. The van der Waals surface area contributed by atoms with E-state index in [4.69, 9.17) is 0 Å². The van der Waals surface area contributed by atoms with Crippen molar-refractivity contribution in [2.75, 3.05) is 0 Å². The normalized spacial score (nSPS) is 8.91. The summed E-state index contributed by atoms with van der Waals surface area (Å²) >= 11 is 0. The molecule has 1 aliphatic heterocycles. The van der Waals surface area contributed by atoms with Gasteiger partial charge in [-0.15, -0.1) is 25.7 Å². The Bertz CT molecular complexity index is 770. The van der Waals surface area contributed by atoms with E-state index in [-0.39, 0.29) is 143 Å². The quantitative estimate of drug-likeness (QED) is 0.221. The third-order valence-corrected chi connectivity index (χ3v) is 4.05. The van der Waals surface area contributed by atoms with Crippen molar-refractivity contribution in [2.45, 2.75) is 81.1 Å². The number of aromatic nitrogens is 2. The zero-order chi connectivity index (χ0) is 28.2. The molecule has 3 nitrogen and oxygen atoms in total. The Morgan fingerprint density at radius 1 is 0.617 bits per heavy atom. The smallest absolute Gasteiger partial charge is 0 e. The van der Waals surface area contributed by atoms with E-state index in [0.29, 0.717) is 0 Å². The predicted molar refractivity (Wildman–Crippen MR) is 209 cm³/mol. The van der Waals surface area contributed by atoms with Crippen molar-refractivity contribution in [3.05, 3.63) is 186 Å². The second-order valence-corrected chi connectivity index (χ2v) is 6.25. The molecule has 2 radical (unpaired) electrons. The fourth-order valence-electron chi connectivity index (χ4n) is 2.37. The first kappa shape index (κ1) is 91.4. The first-order valence-corrected chi connectivity index (χ1v) is 13.0. The summed E-state index contributed by atoms with van der Waals surface area (Å²) < 4.78 is 0. The van der Waals surface area contributed by atoms with Crippen LogP contribution in [0.3, 0.4) is 0 Å². The van der Waals surface area contributed by atoms with Gasteiger partial charge < -0.3 is 90.2 Å². The van der Waals surface area contributed by atoms with Crippen LogP contribution in [0.1, 0.15) is 78.2 Å². The van der Waals surface area contributed by atoms with Crippen LogP contribution in [0, 0.1) is 86.1 Å². The zero-order valence-corrected chi connectivity index (χ0v) is 39.7. The molecule has 7 heteroatoms. The molecule has 0 amide bonds. The SMILES string of the molecule is C.CC.CC.CC.[CH2-]C=C1C=CC=C(C[CH2-])[N-]1.[CH2-]Cc1cccc(C[CH2-])n1.[CH2-]Cc1cccc(C[CH2-])n1.[CH3-].[CH3-].[CH3-].[CH3-].[CH3-].[CH3-].[Ru+4].[Ru+5].[RuH].[Y]. The van der Waals surface area contributed by atoms with Gasteiger partial charge in [0.15, 0.2) is 0 Å². The average Bonchev–Trinajstić information content (AvgIpc) is 3.00. The van der Waals surface area contributed by atoms with Gasteiger partial charge in [-0.1, -0.05) is 73.3 Å². The summed E-state index contributed by atoms with van der Waals surface area (Å²) in [7, 11) is 0. The minimum atomic E-state index is 0. The topological polar surface area (TPSA) is 39.9 Å². The Kier molecular flexibility index (Phi) is 140. The molecule has 3 rings (SSSR count). The fourth-order valence-corrected chi connectivity index (χ4v) is 2.37. The summed E-state index contributed by atoms with van der Waals surface area (Å²) in [5.41, 5.74) is 6.10. The number of rotatable bonds is 5. The summed E-state index contributed by atoms with van der Waals surface area (Å²) in [5.74, 6) is 0. The summed E-state index contributed by atoms with van der Waals surface area (Å²) in [6.45, 7) is 34.4. The Hall–Kier alpha value is 0.164. The fraction of sp³-hybridized carbons (Fsp3) is 0.300. The van der Waals surface area contributed by atoms with Crippen LogP contribution in [0.25, 0.3) is 5.32 Å². The molecule has 0 spiro atoms. The molecular formula is C40H73N3Ru3Y-4. The van der Waals surface area contributed by atoms with Crippen LogP contribution in [0.5, 0.6) is 0 Å². The van der Waals surface area contributed by atoms with Crippen molar-refractivity contribution >= 4 is 0 Å². The van der Waals surface area contributed by atoms with E-state index in [2.05, 4.69) is 56.8 Å². The molecular weight excluding hydrogens is 915 g/mol. The number of pyridine rings is 2. The van der Waals surface area contributed by atoms with Crippen LogP contribution >= 0.6 is 0 Å². The van der Waals surface area contributed by atoms with Crippen LogP contribution < -0.4 is 0 Å². The van der Waals surface area contributed by atoms with Gasteiger partial charge in [-0.05, 0) is 24.3 Å². The molecule has 0 N–H and O–H groups in total. The minimum Gasteiger partial charge on any atom is 0 e. The maximum atomic E-state index is 4.28. The molecule has 0 atom stereocenters. The Morgan fingerprint density at radius 2 is 0.894 bits per heavy atom.